The molecule has 5 aromatic rings. The SMILES string of the molecule is Cc1ccc(-c2sc3cc(C)ccc3c2-c2cccc(OCc3ccccc3)c2)cc1. The van der Waals surface area contributed by atoms with Crippen molar-refractivity contribution in [2.24, 2.45) is 0 Å². The summed E-state index contributed by atoms with van der Waals surface area (Å²) in [5, 5.41) is 1.30. The van der Waals surface area contributed by atoms with Crippen molar-refractivity contribution in [2.75, 3.05) is 0 Å². The maximum absolute atomic E-state index is 6.13. The lowest BCUT2D eigenvalue weighted by molar-refractivity contribution is 0.306. The van der Waals surface area contributed by atoms with Crippen molar-refractivity contribution in [1.82, 2.24) is 0 Å². The molecule has 1 nitrogen and oxygen atoms in total. The molecular weight excluding hydrogens is 396 g/mol. The number of hydrogen-bond acceptors (Lipinski definition) is 2. The fraction of sp³-hybridized carbons (Fsp3) is 0.103. The second-order valence-corrected chi connectivity index (χ2v) is 9.03. The maximum atomic E-state index is 6.13. The molecule has 0 bridgehead atoms. The third kappa shape index (κ3) is 4.12. The molecule has 0 aliphatic rings. The summed E-state index contributed by atoms with van der Waals surface area (Å²) in [6, 6.07) is 34.4. The molecule has 0 radical (unpaired) electrons. The van der Waals surface area contributed by atoms with Crippen molar-refractivity contribution in [3.8, 4) is 27.3 Å². The van der Waals surface area contributed by atoms with Gasteiger partial charge in [-0.3, -0.25) is 0 Å². The molecule has 5 rings (SSSR count). The van der Waals surface area contributed by atoms with E-state index in [-0.39, 0.29) is 0 Å². The summed E-state index contributed by atoms with van der Waals surface area (Å²) in [6.45, 7) is 4.85. The van der Waals surface area contributed by atoms with E-state index in [0.29, 0.717) is 6.61 Å². The Bertz CT molecular complexity index is 1330. The van der Waals surface area contributed by atoms with E-state index in [2.05, 4.69) is 86.6 Å². The van der Waals surface area contributed by atoms with Gasteiger partial charge in [0.05, 0.1) is 0 Å². The van der Waals surface area contributed by atoms with Gasteiger partial charge in [0.1, 0.15) is 12.4 Å². The van der Waals surface area contributed by atoms with Gasteiger partial charge in [-0.1, -0.05) is 84.4 Å². The first-order chi connectivity index (χ1) is 15.2. The van der Waals surface area contributed by atoms with E-state index in [0.717, 1.165) is 5.75 Å². The Kier molecular flexibility index (Phi) is 5.31. The van der Waals surface area contributed by atoms with E-state index in [9.17, 15) is 0 Å². The van der Waals surface area contributed by atoms with Crippen LogP contribution >= 0.6 is 11.3 Å². The average molecular weight is 421 g/mol. The van der Waals surface area contributed by atoms with Gasteiger partial charge in [-0.15, -0.1) is 11.3 Å². The van der Waals surface area contributed by atoms with Crippen molar-refractivity contribution in [3.63, 3.8) is 0 Å². The predicted molar refractivity (Wildman–Crippen MR) is 133 cm³/mol. The quantitative estimate of drug-likeness (QED) is 0.277. The van der Waals surface area contributed by atoms with Crippen LogP contribution in [-0.2, 0) is 6.61 Å². The molecule has 2 heteroatoms. The molecule has 0 amide bonds. The number of aryl methyl sites for hydroxylation is 2. The zero-order chi connectivity index (χ0) is 21.2. The number of fused-ring (bicyclic) bond motifs is 1. The largest absolute Gasteiger partial charge is 0.489 e. The molecular formula is C29H24OS. The maximum Gasteiger partial charge on any atom is 0.120 e. The van der Waals surface area contributed by atoms with Crippen molar-refractivity contribution in [3.05, 3.63) is 114 Å². The first kappa shape index (κ1) is 19.6. The molecule has 0 aliphatic heterocycles. The minimum Gasteiger partial charge on any atom is -0.489 e. The number of thiophene rings is 1. The van der Waals surface area contributed by atoms with Gasteiger partial charge in [-0.2, -0.15) is 0 Å². The normalized spacial score (nSPS) is 11.0. The van der Waals surface area contributed by atoms with Crippen LogP contribution in [0.15, 0.2) is 97.1 Å². The summed E-state index contributed by atoms with van der Waals surface area (Å²) >= 11 is 1.87. The van der Waals surface area contributed by atoms with Crippen molar-refractivity contribution in [2.45, 2.75) is 20.5 Å². The van der Waals surface area contributed by atoms with Gasteiger partial charge in [0.15, 0.2) is 0 Å². The molecule has 1 aromatic heterocycles. The standard InChI is InChI=1S/C29H24OS/c1-20-11-14-23(15-12-20)29-28(26-16-13-21(2)17-27(26)31-29)24-9-6-10-25(18-24)30-19-22-7-4-3-5-8-22/h3-18H,19H2,1-2H3. The molecule has 0 N–H and O–H groups in total. The highest BCUT2D eigenvalue weighted by Crippen LogP contribution is 2.45. The number of rotatable bonds is 5. The van der Waals surface area contributed by atoms with Crippen LogP contribution in [-0.4, -0.2) is 0 Å². The van der Waals surface area contributed by atoms with Crippen molar-refractivity contribution < 1.29 is 4.74 Å². The van der Waals surface area contributed by atoms with Gasteiger partial charge in [0.2, 0.25) is 0 Å². The lowest BCUT2D eigenvalue weighted by Crippen LogP contribution is -1.95. The Morgan fingerprint density at radius 3 is 2.26 bits per heavy atom. The molecule has 0 saturated carbocycles. The molecule has 1 heterocycles. The summed E-state index contributed by atoms with van der Waals surface area (Å²) in [5.41, 5.74) is 7.47. The van der Waals surface area contributed by atoms with Crippen LogP contribution in [0.25, 0.3) is 31.7 Å². The van der Waals surface area contributed by atoms with E-state index < -0.39 is 0 Å². The predicted octanol–water partition coefficient (Wildman–Crippen LogP) is 8.43. The van der Waals surface area contributed by atoms with E-state index in [1.54, 1.807) is 0 Å². The van der Waals surface area contributed by atoms with E-state index >= 15 is 0 Å². The summed E-state index contributed by atoms with van der Waals surface area (Å²) in [5.74, 6) is 0.891. The Hall–Kier alpha value is -3.36. The van der Waals surface area contributed by atoms with Gasteiger partial charge in [0, 0.05) is 20.5 Å². The lowest BCUT2D eigenvalue weighted by atomic mass is 9.98. The molecule has 4 aromatic carbocycles. The van der Waals surface area contributed by atoms with Crippen LogP contribution in [0.2, 0.25) is 0 Å². The lowest BCUT2D eigenvalue weighted by Gasteiger charge is -2.10. The van der Waals surface area contributed by atoms with Crippen molar-refractivity contribution in [1.29, 1.82) is 0 Å². The zero-order valence-corrected chi connectivity index (χ0v) is 18.6. The Labute approximate surface area is 187 Å². The number of ether oxygens (including phenoxy) is 1. The molecule has 31 heavy (non-hydrogen) atoms. The fourth-order valence-electron chi connectivity index (χ4n) is 3.88. The average Bonchev–Trinajstić information content (AvgIpc) is 3.17. The van der Waals surface area contributed by atoms with E-state index in [4.69, 9.17) is 4.74 Å². The Balaban J connectivity index is 1.59. The van der Waals surface area contributed by atoms with Crippen LogP contribution in [0.4, 0.5) is 0 Å². The minimum absolute atomic E-state index is 0.568. The highest BCUT2D eigenvalue weighted by molar-refractivity contribution is 7.23. The third-order valence-electron chi connectivity index (χ3n) is 5.53. The summed E-state index contributed by atoms with van der Waals surface area (Å²) in [4.78, 5) is 1.31. The molecule has 0 saturated heterocycles. The van der Waals surface area contributed by atoms with Gasteiger partial charge >= 0.3 is 0 Å². The van der Waals surface area contributed by atoms with Gasteiger partial charge in [-0.25, -0.2) is 0 Å². The molecule has 0 fully saturated rings. The fourth-order valence-corrected chi connectivity index (χ4v) is 5.21. The highest BCUT2D eigenvalue weighted by atomic mass is 32.1. The smallest absolute Gasteiger partial charge is 0.120 e. The number of hydrogen-bond donors (Lipinski definition) is 0. The zero-order valence-electron chi connectivity index (χ0n) is 17.8. The van der Waals surface area contributed by atoms with Crippen LogP contribution < -0.4 is 4.74 Å². The molecule has 0 spiro atoms. The van der Waals surface area contributed by atoms with Crippen LogP contribution in [0.1, 0.15) is 16.7 Å². The van der Waals surface area contributed by atoms with Crippen molar-refractivity contribution >= 4 is 21.4 Å². The van der Waals surface area contributed by atoms with E-state index in [1.807, 2.05) is 35.6 Å². The molecule has 0 aliphatic carbocycles. The van der Waals surface area contributed by atoms with Crippen LogP contribution in [0, 0.1) is 13.8 Å². The summed E-state index contributed by atoms with van der Waals surface area (Å²) in [6.07, 6.45) is 0. The van der Waals surface area contributed by atoms with Crippen LogP contribution in [0.3, 0.4) is 0 Å². The van der Waals surface area contributed by atoms with Gasteiger partial charge < -0.3 is 4.74 Å². The number of benzene rings is 4. The van der Waals surface area contributed by atoms with Gasteiger partial charge in [0.25, 0.3) is 0 Å². The second kappa shape index (κ2) is 8.41. The highest BCUT2D eigenvalue weighted by Gasteiger charge is 2.16. The Morgan fingerprint density at radius 1 is 0.677 bits per heavy atom. The molecule has 152 valence electrons. The monoisotopic (exact) mass is 420 g/mol. The molecule has 0 atom stereocenters. The first-order valence-corrected chi connectivity index (χ1v) is 11.4. The minimum atomic E-state index is 0.568. The second-order valence-electron chi connectivity index (χ2n) is 7.97. The molecule has 0 unspecified atom stereocenters. The summed E-state index contributed by atoms with van der Waals surface area (Å²) < 4.78 is 7.45. The first-order valence-electron chi connectivity index (χ1n) is 10.5. The third-order valence-corrected chi connectivity index (χ3v) is 6.73. The van der Waals surface area contributed by atoms with Gasteiger partial charge in [-0.05, 0) is 54.3 Å². The van der Waals surface area contributed by atoms with E-state index in [1.165, 1.54) is 48.3 Å². The van der Waals surface area contributed by atoms with Crippen LogP contribution in [0.5, 0.6) is 5.75 Å². The Morgan fingerprint density at radius 2 is 1.45 bits per heavy atom. The topological polar surface area (TPSA) is 9.23 Å². The summed E-state index contributed by atoms with van der Waals surface area (Å²) in [7, 11) is 0.